The topological polar surface area (TPSA) is 81.7 Å². The van der Waals surface area contributed by atoms with E-state index in [1.165, 1.54) is 26.4 Å². The van der Waals surface area contributed by atoms with E-state index in [9.17, 15) is 14.4 Å². The Hall–Kier alpha value is -1.59. The molecule has 0 heterocycles. The highest BCUT2D eigenvalue weighted by molar-refractivity contribution is 5.90. The summed E-state index contributed by atoms with van der Waals surface area (Å²) in [5, 5.41) is 2.83. The molecule has 0 aliphatic heterocycles. The van der Waals surface area contributed by atoms with E-state index in [2.05, 4.69) is 5.32 Å². The standard InChI is InChI=1S/C20H31NO5/c1-19(2,3)26-16(22)8-15(17(23)25-4)21-18(24)20-9-12-5-13(10-20)7-14(6-12)11-20/h12-15H,5-11H2,1-4H3,(H,21,24)/t12?,13?,14?,15-,20?/m1/s1. The summed E-state index contributed by atoms with van der Waals surface area (Å²) in [6.07, 6.45) is 6.24. The van der Waals surface area contributed by atoms with Crippen molar-refractivity contribution in [3.63, 3.8) is 0 Å². The number of hydrogen-bond donors (Lipinski definition) is 1. The average molecular weight is 365 g/mol. The molecule has 1 N–H and O–H groups in total. The van der Waals surface area contributed by atoms with Gasteiger partial charge in [-0.25, -0.2) is 4.79 Å². The van der Waals surface area contributed by atoms with Crippen LogP contribution in [-0.2, 0) is 23.9 Å². The van der Waals surface area contributed by atoms with Crippen molar-refractivity contribution in [1.29, 1.82) is 0 Å². The van der Waals surface area contributed by atoms with E-state index < -0.39 is 23.6 Å². The number of rotatable bonds is 5. The van der Waals surface area contributed by atoms with E-state index in [1.54, 1.807) is 20.8 Å². The first-order valence-corrected chi connectivity index (χ1v) is 9.71. The molecule has 1 atom stereocenters. The van der Waals surface area contributed by atoms with Crippen LogP contribution in [0.1, 0.15) is 65.7 Å². The highest BCUT2D eigenvalue weighted by Gasteiger charge is 2.55. The smallest absolute Gasteiger partial charge is 0.328 e. The molecule has 4 fully saturated rings. The first-order chi connectivity index (χ1) is 12.1. The summed E-state index contributed by atoms with van der Waals surface area (Å²) in [6.45, 7) is 5.31. The lowest BCUT2D eigenvalue weighted by Gasteiger charge is -2.55. The maximum absolute atomic E-state index is 13.1. The van der Waals surface area contributed by atoms with Gasteiger partial charge in [-0.2, -0.15) is 0 Å². The minimum absolute atomic E-state index is 0.0874. The van der Waals surface area contributed by atoms with Crippen molar-refractivity contribution < 1.29 is 23.9 Å². The van der Waals surface area contributed by atoms with Gasteiger partial charge in [-0.1, -0.05) is 0 Å². The molecule has 1 amide bonds. The van der Waals surface area contributed by atoms with Crippen LogP contribution in [0.25, 0.3) is 0 Å². The summed E-state index contributed by atoms with van der Waals surface area (Å²) >= 11 is 0. The first-order valence-electron chi connectivity index (χ1n) is 9.71. The Morgan fingerprint density at radius 3 is 1.96 bits per heavy atom. The second-order valence-electron chi connectivity index (χ2n) is 9.54. The number of methoxy groups -OCH3 is 1. The highest BCUT2D eigenvalue weighted by atomic mass is 16.6. The van der Waals surface area contributed by atoms with Gasteiger partial charge >= 0.3 is 11.9 Å². The quantitative estimate of drug-likeness (QED) is 0.757. The van der Waals surface area contributed by atoms with Crippen LogP contribution in [0.2, 0.25) is 0 Å². The summed E-state index contributed by atoms with van der Waals surface area (Å²) in [7, 11) is 1.27. The van der Waals surface area contributed by atoms with E-state index in [-0.39, 0.29) is 17.7 Å². The van der Waals surface area contributed by atoms with Gasteiger partial charge in [-0.3, -0.25) is 9.59 Å². The molecule has 146 valence electrons. The Labute approximate surface area is 155 Å². The molecule has 0 unspecified atom stereocenters. The van der Waals surface area contributed by atoms with E-state index in [4.69, 9.17) is 9.47 Å². The molecule has 6 nitrogen and oxygen atoms in total. The van der Waals surface area contributed by atoms with E-state index in [0.717, 1.165) is 19.3 Å². The third-order valence-corrected chi connectivity index (χ3v) is 6.10. The molecule has 0 aromatic rings. The zero-order valence-electron chi connectivity index (χ0n) is 16.3. The fourth-order valence-corrected chi connectivity index (χ4v) is 5.59. The molecular weight excluding hydrogens is 334 g/mol. The van der Waals surface area contributed by atoms with Crippen LogP contribution in [0, 0.1) is 23.2 Å². The zero-order chi connectivity index (χ0) is 19.1. The first kappa shape index (κ1) is 19.2. The van der Waals surface area contributed by atoms with Crippen LogP contribution in [0.5, 0.6) is 0 Å². The van der Waals surface area contributed by atoms with Gasteiger partial charge < -0.3 is 14.8 Å². The molecule has 0 spiro atoms. The van der Waals surface area contributed by atoms with Gasteiger partial charge in [0, 0.05) is 5.41 Å². The second-order valence-corrected chi connectivity index (χ2v) is 9.54. The van der Waals surface area contributed by atoms with Crippen LogP contribution in [-0.4, -0.2) is 36.6 Å². The molecule has 4 aliphatic carbocycles. The molecule has 4 aliphatic rings. The summed E-state index contributed by atoms with van der Waals surface area (Å²) in [5.74, 6) is 0.696. The van der Waals surface area contributed by atoms with Crippen LogP contribution in [0.3, 0.4) is 0 Å². The van der Waals surface area contributed by atoms with Crippen molar-refractivity contribution in [2.45, 2.75) is 77.4 Å². The number of esters is 2. The predicted octanol–water partition coefficient (Wildman–Crippen LogP) is 2.59. The minimum Gasteiger partial charge on any atom is -0.467 e. The predicted molar refractivity (Wildman–Crippen MR) is 95.0 cm³/mol. The monoisotopic (exact) mass is 365 g/mol. The molecule has 4 rings (SSSR count). The maximum atomic E-state index is 13.1. The number of nitrogens with one attached hydrogen (secondary N) is 1. The molecule has 0 aromatic carbocycles. The average Bonchev–Trinajstić information content (AvgIpc) is 2.50. The fraction of sp³-hybridized carbons (Fsp3) is 0.850. The van der Waals surface area contributed by atoms with Crippen LogP contribution >= 0.6 is 0 Å². The molecule has 4 bridgehead atoms. The van der Waals surface area contributed by atoms with Gasteiger partial charge in [0.15, 0.2) is 0 Å². The number of carbonyl (C=O) groups excluding carboxylic acids is 3. The molecule has 26 heavy (non-hydrogen) atoms. The van der Waals surface area contributed by atoms with Crippen molar-refractivity contribution in [3.05, 3.63) is 0 Å². The molecule has 0 saturated heterocycles. The van der Waals surface area contributed by atoms with Gasteiger partial charge in [0.25, 0.3) is 0 Å². The Kier molecular flexibility index (Phi) is 5.06. The Morgan fingerprint density at radius 1 is 1.04 bits per heavy atom. The summed E-state index contributed by atoms with van der Waals surface area (Å²) in [4.78, 5) is 37.4. The van der Waals surface area contributed by atoms with Crippen molar-refractivity contribution >= 4 is 17.8 Å². The Bertz CT molecular complexity index is 556. The highest BCUT2D eigenvalue weighted by Crippen LogP contribution is 2.60. The third kappa shape index (κ3) is 4.04. The molecule has 0 aromatic heterocycles. The zero-order valence-corrected chi connectivity index (χ0v) is 16.3. The van der Waals surface area contributed by atoms with Crippen molar-refractivity contribution in [2.24, 2.45) is 23.2 Å². The lowest BCUT2D eigenvalue weighted by atomic mass is 9.49. The second kappa shape index (κ2) is 6.86. The van der Waals surface area contributed by atoms with Gasteiger partial charge in [0.1, 0.15) is 11.6 Å². The lowest BCUT2D eigenvalue weighted by Crippen LogP contribution is -2.56. The van der Waals surface area contributed by atoms with E-state index in [1.807, 2.05) is 0 Å². The van der Waals surface area contributed by atoms with Gasteiger partial charge in [0.05, 0.1) is 13.5 Å². The van der Waals surface area contributed by atoms with Crippen molar-refractivity contribution in [2.75, 3.05) is 7.11 Å². The SMILES string of the molecule is COC(=O)[C@@H](CC(=O)OC(C)(C)C)NC(=O)C12CC3CC(CC(C3)C1)C2. The fourth-order valence-electron chi connectivity index (χ4n) is 5.59. The van der Waals surface area contributed by atoms with E-state index >= 15 is 0 Å². The van der Waals surface area contributed by atoms with Crippen LogP contribution < -0.4 is 5.32 Å². The van der Waals surface area contributed by atoms with Gasteiger partial charge in [0.2, 0.25) is 5.91 Å². The van der Waals surface area contributed by atoms with Crippen molar-refractivity contribution in [3.8, 4) is 0 Å². The normalized spacial score (nSPS) is 33.5. The summed E-state index contributed by atoms with van der Waals surface area (Å²) in [6, 6.07) is -0.990. The Morgan fingerprint density at radius 2 is 1.54 bits per heavy atom. The molecule has 6 heteroatoms. The maximum Gasteiger partial charge on any atom is 0.328 e. The number of ether oxygens (including phenoxy) is 2. The number of hydrogen-bond acceptors (Lipinski definition) is 5. The summed E-state index contributed by atoms with van der Waals surface area (Å²) in [5.41, 5.74) is -1.00. The molecule has 0 radical (unpaired) electrons. The summed E-state index contributed by atoms with van der Waals surface area (Å²) < 4.78 is 10.1. The number of amides is 1. The third-order valence-electron chi connectivity index (χ3n) is 6.10. The molecular formula is C20H31NO5. The Balaban J connectivity index is 1.68. The molecule has 4 saturated carbocycles. The number of carbonyl (C=O) groups is 3. The van der Waals surface area contributed by atoms with Crippen LogP contribution in [0.15, 0.2) is 0 Å². The largest absolute Gasteiger partial charge is 0.467 e. The van der Waals surface area contributed by atoms with Gasteiger partial charge in [-0.15, -0.1) is 0 Å². The minimum atomic E-state index is -0.990. The van der Waals surface area contributed by atoms with Crippen LogP contribution in [0.4, 0.5) is 0 Å². The lowest BCUT2D eigenvalue weighted by molar-refractivity contribution is -0.161. The van der Waals surface area contributed by atoms with Crippen molar-refractivity contribution in [1.82, 2.24) is 5.32 Å². The van der Waals surface area contributed by atoms with Gasteiger partial charge in [-0.05, 0) is 77.0 Å². The van der Waals surface area contributed by atoms with E-state index in [0.29, 0.717) is 17.8 Å².